The number of likely N-dealkylation sites (tertiary alicyclic amines) is 2. The van der Waals surface area contributed by atoms with Crippen LogP contribution < -0.4 is 0 Å². The fourth-order valence-corrected chi connectivity index (χ4v) is 4.72. The molecule has 126 valence electrons. The highest BCUT2D eigenvalue weighted by atomic mass is 32.1. The molecule has 3 aliphatic rings. The molecule has 0 bridgehead atoms. The molecule has 0 N–H and O–H groups in total. The maximum atomic E-state index is 13.0. The quantitative estimate of drug-likeness (QED) is 0.840. The van der Waals surface area contributed by atoms with Crippen molar-refractivity contribution in [2.24, 2.45) is 11.3 Å². The second-order valence-electron chi connectivity index (χ2n) is 7.16. The minimum atomic E-state index is -2.69. The van der Waals surface area contributed by atoms with Crippen molar-refractivity contribution in [1.29, 1.82) is 0 Å². The van der Waals surface area contributed by atoms with Gasteiger partial charge in [0.15, 0.2) is 0 Å². The van der Waals surface area contributed by atoms with Gasteiger partial charge in [0.2, 0.25) is 5.91 Å². The molecule has 0 radical (unpaired) electrons. The Labute approximate surface area is 138 Å². The molecule has 2 atom stereocenters. The molecule has 1 amide bonds. The summed E-state index contributed by atoms with van der Waals surface area (Å²) in [5.41, 5.74) is 1.09. The number of rotatable bonds is 4. The van der Waals surface area contributed by atoms with Crippen molar-refractivity contribution in [3.05, 3.63) is 22.4 Å². The van der Waals surface area contributed by atoms with E-state index >= 15 is 0 Å². The first-order chi connectivity index (χ1) is 11.0. The van der Waals surface area contributed by atoms with Crippen molar-refractivity contribution in [2.45, 2.75) is 18.9 Å². The monoisotopic (exact) mass is 342 g/mol. The van der Waals surface area contributed by atoms with Crippen LogP contribution in [0.15, 0.2) is 16.8 Å². The van der Waals surface area contributed by atoms with Gasteiger partial charge >= 0.3 is 0 Å². The van der Waals surface area contributed by atoms with Gasteiger partial charge in [-0.3, -0.25) is 9.69 Å². The van der Waals surface area contributed by atoms with Crippen LogP contribution >= 0.6 is 11.3 Å². The Kier molecular flexibility index (Phi) is 3.70. The number of hydrogen-bond acceptors (Lipinski definition) is 4. The van der Waals surface area contributed by atoms with Crippen molar-refractivity contribution < 1.29 is 18.3 Å². The molecular formula is C16H20F2N2O2S. The SMILES string of the molecule is O=C(C[C@@]12COC[C@@H]1CN(Cc1ccsc1)C2)N1CC(F)(F)C1. The van der Waals surface area contributed by atoms with Crippen molar-refractivity contribution >= 4 is 17.2 Å². The number of fused-ring (bicyclic) bond motifs is 1. The molecule has 4 heterocycles. The summed E-state index contributed by atoms with van der Waals surface area (Å²) < 4.78 is 31.6. The normalized spacial score (nSPS) is 32.8. The fourth-order valence-electron chi connectivity index (χ4n) is 4.06. The Balaban J connectivity index is 1.40. The topological polar surface area (TPSA) is 32.8 Å². The number of alkyl halides is 2. The molecule has 3 aliphatic heterocycles. The summed E-state index contributed by atoms with van der Waals surface area (Å²) in [7, 11) is 0. The standard InChI is InChI=1S/C16H20F2N2O2S/c17-16(18)9-20(10-16)14(21)3-15-8-19(4-12-1-2-23-7-12)5-13(15)6-22-11-15/h1-2,7,13H,3-6,8-11H2/t13-,15+/m0/s1. The lowest BCUT2D eigenvalue weighted by molar-refractivity contribution is -0.168. The van der Waals surface area contributed by atoms with Gasteiger partial charge in [0, 0.05) is 37.4 Å². The van der Waals surface area contributed by atoms with Crippen LogP contribution in [-0.4, -0.2) is 61.0 Å². The van der Waals surface area contributed by atoms with Gasteiger partial charge in [-0.1, -0.05) is 0 Å². The van der Waals surface area contributed by atoms with E-state index in [-0.39, 0.29) is 11.3 Å². The van der Waals surface area contributed by atoms with Crippen LogP contribution in [0.5, 0.6) is 0 Å². The molecule has 0 spiro atoms. The number of halogens is 2. The first-order valence-electron chi connectivity index (χ1n) is 7.93. The summed E-state index contributed by atoms with van der Waals surface area (Å²) in [6, 6.07) is 2.12. The molecule has 1 aromatic rings. The Morgan fingerprint density at radius 1 is 1.39 bits per heavy atom. The number of carbonyl (C=O) groups is 1. The van der Waals surface area contributed by atoms with E-state index in [4.69, 9.17) is 4.74 Å². The van der Waals surface area contributed by atoms with Crippen molar-refractivity contribution in [1.82, 2.24) is 9.80 Å². The lowest BCUT2D eigenvalue weighted by atomic mass is 9.77. The molecule has 3 saturated heterocycles. The predicted molar refractivity (Wildman–Crippen MR) is 82.5 cm³/mol. The third kappa shape index (κ3) is 2.90. The van der Waals surface area contributed by atoms with Crippen LogP contribution in [0.25, 0.3) is 0 Å². The zero-order valence-corrected chi connectivity index (χ0v) is 13.7. The minimum Gasteiger partial charge on any atom is -0.380 e. The second-order valence-corrected chi connectivity index (χ2v) is 7.94. The van der Waals surface area contributed by atoms with Crippen LogP contribution in [0.2, 0.25) is 0 Å². The lowest BCUT2D eigenvalue weighted by Crippen LogP contribution is -2.59. The fraction of sp³-hybridized carbons (Fsp3) is 0.688. The zero-order valence-electron chi connectivity index (χ0n) is 12.8. The Hall–Kier alpha value is -1.05. The summed E-state index contributed by atoms with van der Waals surface area (Å²) in [4.78, 5) is 16.0. The van der Waals surface area contributed by atoms with Gasteiger partial charge in [-0.2, -0.15) is 11.3 Å². The highest BCUT2D eigenvalue weighted by Crippen LogP contribution is 2.45. The second kappa shape index (κ2) is 5.50. The van der Waals surface area contributed by atoms with E-state index in [1.54, 1.807) is 11.3 Å². The van der Waals surface area contributed by atoms with Gasteiger partial charge in [-0.25, -0.2) is 8.78 Å². The number of nitrogens with zero attached hydrogens (tertiary/aromatic N) is 2. The number of carbonyl (C=O) groups excluding carboxylic acids is 1. The molecule has 0 aromatic carbocycles. The summed E-state index contributed by atoms with van der Waals surface area (Å²) in [5, 5.41) is 4.21. The molecular weight excluding hydrogens is 322 g/mol. The maximum Gasteiger partial charge on any atom is 0.282 e. The summed E-state index contributed by atoms with van der Waals surface area (Å²) in [5.74, 6) is -2.52. The first-order valence-corrected chi connectivity index (χ1v) is 8.87. The largest absolute Gasteiger partial charge is 0.380 e. The van der Waals surface area contributed by atoms with Gasteiger partial charge in [-0.15, -0.1) is 0 Å². The van der Waals surface area contributed by atoms with E-state index in [0.717, 1.165) is 19.6 Å². The highest BCUT2D eigenvalue weighted by Gasteiger charge is 2.54. The third-order valence-electron chi connectivity index (χ3n) is 5.28. The van der Waals surface area contributed by atoms with Gasteiger partial charge in [-0.05, 0) is 22.4 Å². The minimum absolute atomic E-state index is 0.149. The maximum absolute atomic E-state index is 13.0. The molecule has 1 aromatic heterocycles. The molecule has 3 fully saturated rings. The lowest BCUT2D eigenvalue weighted by Gasteiger charge is -2.40. The van der Waals surface area contributed by atoms with Gasteiger partial charge in [0.25, 0.3) is 5.92 Å². The molecule has 7 heteroatoms. The van der Waals surface area contributed by atoms with Crippen molar-refractivity contribution in [3.63, 3.8) is 0 Å². The first kappa shape index (κ1) is 15.5. The molecule has 0 aliphatic carbocycles. The van der Waals surface area contributed by atoms with E-state index in [0.29, 0.717) is 25.6 Å². The third-order valence-corrected chi connectivity index (χ3v) is 6.01. The van der Waals surface area contributed by atoms with Crippen molar-refractivity contribution in [3.8, 4) is 0 Å². The number of hydrogen-bond donors (Lipinski definition) is 0. The zero-order chi connectivity index (χ0) is 16.1. The van der Waals surface area contributed by atoms with Crippen LogP contribution in [0.3, 0.4) is 0 Å². The number of amides is 1. The molecule has 0 unspecified atom stereocenters. The molecule has 4 rings (SSSR count). The predicted octanol–water partition coefficient (Wildman–Crippen LogP) is 2.06. The number of ether oxygens (including phenoxy) is 1. The summed E-state index contributed by atoms with van der Waals surface area (Å²) >= 11 is 1.69. The van der Waals surface area contributed by atoms with Gasteiger partial charge < -0.3 is 9.64 Å². The average molecular weight is 342 g/mol. The smallest absolute Gasteiger partial charge is 0.282 e. The Morgan fingerprint density at radius 3 is 2.91 bits per heavy atom. The van der Waals surface area contributed by atoms with Crippen LogP contribution in [0, 0.1) is 11.3 Å². The summed E-state index contributed by atoms with van der Waals surface area (Å²) in [6.07, 6.45) is 0.327. The van der Waals surface area contributed by atoms with E-state index in [1.165, 1.54) is 10.5 Å². The van der Waals surface area contributed by atoms with Crippen LogP contribution in [0.4, 0.5) is 8.78 Å². The van der Waals surface area contributed by atoms with E-state index < -0.39 is 19.0 Å². The average Bonchev–Trinajstić information content (AvgIpc) is 3.12. The Bertz CT molecular complexity index is 587. The van der Waals surface area contributed by atoms with Crippen LogP contribution in [-0.2, 0) is 16.1 Å². The highest BCUT2D eigenvalue weighted by molar-refractivity contribution is 7.07. The van der Waals surface area contributed by atoms with E-state index in [2.05, 4.69) is 21.7 Å². The Morgan fingerprint density at radius 2 is 2.22 bits per heavy atom. The van der Waals surface area contributed by atoms with E-state index in [1.807, 2.05) is 0 Å². The van der Waals surface area contributed by atoms with E-state index in [9.17, 15) is 13.6 Å². The van der Waals surface area contributed by atoms with Gasteiger partial charge in [0.05, 0.1) is 26.3 Å². The molecule has 23 heavy (non-hydrogen) atoms. The van der Waals surface area contributed by atoms with Crippen LogP contribution in [0.1, 0.15) is 12.0 Å². The number of thiophene rings is 1. The van der Waals surface area contributed by atoms with Gasteiger partial charge in [0.1, 0.15) is 0 Å². The summed E-state index contributed by atoms with van der Waals surface area (Å²) in [6.45, 7) is 3.00. The molecule has 4 nitrogen and oxygen atoms in total. The van der Waals surface area contributed by atoms with Crippen molar-refractivity contribution in [2.75, 3.05) is 39.4 Å². The molecule has 0 saturated carbocycles.